The number of hydrogen-bond acceptors (Lipinski definition) is 2. The summed E-state index contributed by atoms with van der Waals surface area (Å²) in [4.78, 5) is 10.3. The third kappa shape index (κ3) is 4.03. The molecule has 3 nitrogen and oxygen atoms in total. The van der Waals surface area contributed by atoms with Gasteiger partial charge in [0.25, 0.3) is 0 Å². The van der Waals surface area contributed by atoms with Gasteiger partial charge in [0.2, 0.25) is 5.91 Å². The van der Waals surface area contributed by atoms with Crippen molar-refractivity contribution in [2.45, 2.75) is 6.42 Å². The highest BCUT2D eigenvalue weighted by molar-refractivity contribution is 5.78. The zero-order chi connectivity index (χ0) is 12.7. The quantitative estimate of drug-likeness (QED) is 0.699. The van der Waals surface area contributed by atoms with E-state index in [1.807, 2.05) is 12.2 Å². The number of nitrogens with one attached hydrogen (secondary N) is 1. The number of benzene rings is 1. The molecule has 1 aromatic carbocycles. The lowest BCUT2D eigenvalue weighted by atomic mass is 10.2. The van der Waals surface area contributed by atoms with E-state index in [4.69, 9.17) is 5.26 Å². The van der Waals surface area contributed by atoms with Crippen molar-refractivity contribution in [1.29, 1.82) is 5.26 Å². The van der Waals surface area contributed by atoms with Crippen LogP contribution >= 0.6 is 0 Å². The van der Waals surface area contributed by atoms with Gasteiger partial charge in [0.1, 0.15) is 6.07 Å². The summed E-state index contributed by atoms with van der Waals surface area (Å²) in [7, 11) is 0. The summed E-state index contributed by atoms with van der Waals surface area (Å²) in [6.07, 6.45) is 4.38. The highest BCUT2D eigenvalue weighted by atomic mass is 19.2. The van der Waals surface area contributed by atoms with E-state index >= 15 is 0 Å². The Morgan fingerprint density at radius 2 is 2.06 bits per heavy atom. The minimum Gasteiger partial charge on any atom is -0.352 e. The van der Waals surface area contributed by atoms with Crippen molar-refractivity contribution in [1.82, 2.24) is 5.32 Å². The van der Waals surface area contributed by atoms with Gasteiger partial charge in [-0.05, 0) is 12.1 Å². The van der Waals surface area contributed by atoms with Crippen molar-refractivity contribution in [2.75, 3.05) is 6.54 Å². The largest absolute Gasteiger partial charge is 0.352 e. The molecule has 0 fully saturated rings. The van der Waals surface area contributed by atoms with Crippen LogP contribution in [-0.4, -0.2) is 12.5 Å². The lowest BCUT2D eigenvalue weighted by Crippen LogP contribution is -2.24. The van der Waals surface area contributed by atoms with Crippen LogP contribution in [0.15, 0.2) is 30.4 Å². The van der Waals surface area contributed by atoms with E-state index in [2.05, 4.69) is 5.32 Å². The van der Waals surface area contributed by atoms with E-state index in [0.717, 1.165) is 6.07 Å². The van der Waals surface area contributed by atoms with Crippen molar-refractivity contribution in [3.8, 4) is 6.07 Å². The first kappa shape index (κ1) is 12.8. The van der Waals surface area contributed by atoms with Gasteiger partial charge < -0.3 is 5.32 Å². The summed E-state index contributed by atoms with van der Waals surface area (Å²) in [5.41, 5.74) is -0.264. The first-order valence-electron chi connectivity index (χ1n) is 4.91. The van der Waals surface area contributed by atoms with Gasteiger partial charge in [-0.1, -0.05) is 18.2 Å². The van der Waals surface area contributed by atoms with Gasteiger partial charge in [0.05, 0.1) is 5.56 Å². The molecule has 0 spiro atoms. The van der Waals surface area contributed by atoms with Crippen LogP contribution < -0.4 is 5.32 Å². The molecule has 1 N–H and O–H groups in total. The number of carbonyl (C=O) groups excluding carboxylic acids is 1. The van der Waals surface area contributed by atoms with Crippen LogP contribution in [0.4, 0.5) is 8.78 Å². The Labute approximate surface area is 97.4 Å². The molecular formula is C12H10F2N2O. The SMILES string of the molecule is N#Cc1cccc(F)c1F.O=C1CC=CCN1. The van der Waals surface area contributed by atoms with E-state index in [9.17, 15) is 13.6 Å². The average Bonchev–Trinajstić information content (AvgIpc) is 2.34. The number of rotatable bonds is 0. The first-order chi connectivity index (χ1) is 8.15. The molecule has 0 bridgehead atoms. The molecule has 1 amide bonds. The smallest absolute Gasteiger partial charge is 0.224 e. The van der Waals surface area contributed by atoms with Crippen LogP contribution in [0.5, 0.6) is 0 Å². The second kappa shape index (κ2) is 6.38. The van der Waals surface area contributed by atoms with Crippen molar-refractivity contribution < 1.29 is 13.6 Å². The van der Waals surface area contributed by atoms with Crippen molar-refractivity contribution >= 4 is 5.91 Å². The maximum Gasteiger partial charge on any atom is 0.224 e. The fraction of sp³-hybridized carbons (Fsp3) is 0.167. The fourth-order valence-electron chi connectivity index (χ4n) is 1.11. The summed E-state index contributed by atoms with van der Waals surface area (Å²) >= 11 is 0. The van der Waals surface area contributed by atoms with E-state index < -0.39 is 11.6 Å². The predicted molar refractivity (Wildman–Crippen MR) is 57.8 cm³/mol. The van der Waals surface area contributed by atoms with E-state index in [0.29, 0.717) is 13.0 Å². The molecule has 5 heteroatoms. The molecule has 88 valence electrons. The standard InChI is InChI=1S/C7H3F2N.C5H7NO/c8-6-3-1-2-5(4-10)7(6)9;7-5-3-1-2-4-6-5/h1-3H;1-2H,3-4H2,(H,6,7). The maximum atomic E-state index is 12.4. The van der Waals surface area contributed by atoms with E-state index in [1.54, 1.807) is 0 Å². The zero-order valence-corrected chi connectivity index (χ0v) is 8.91. The van der Waals surface area contributed by atoms with Crippen LogP contribution in [0.3, 0.4) is 0 Å². The topological polar surface area (TPSA) is 52.9 Å². The summed E-state index contributed by atoms with van der Waals surface area (Å²) in [6.45, 7) is 0.707. The normalized spacial score (nSPS) is 13.1. The Balaban J connectivity index is 0.000000181. The van der Waals surface area contributed by atoms with Crippen LogP contribution in [0.1, 0.15) is 12.0 Å². The second-order valence-corrected chi connectivity index (χ2v) is 3.19. The third-order valence-electron chi connectivity index (χ3n) is 1.96. The minimum absolute atomic E-state index is 0.127. The number of halogens is 2. The van der Waals surface area contributed by atoms with E-state index in [-0.39, 0.29) is 11.5 Å². The molecule has 1 aliphatic heterocycles. The molecule has 0 atom stereocenters. The van der Waals surface area contributed by atoms with Gasteiger partial charge in [0.15, 0.2) is 11.6 Å². The second-order valence-electron chi connectivity index (χ2n) is 3.19. The molecule has 0 aliphatic carbocycles. The van der Waals surface area contributed by atoms with Crippen molar-refractivity contribution in [3.05, 3.63) is 47.5 Å². The Morgan fingerprint density at radius 3 is 2.47 bits per heavy atom. The molecule has 0 saturated heterocycles. The molecule has 1 aromatic rings. The summed E-state index contributed by atoms with van der Waals surface area (Å²) in [5, 5.41) is 10.8. The Hall–Kier alpha value is -2.22. The van der Waals surface area contributed by atoms with Gasteiger partial charge in [-0.25, -0.2) is 8.78 Å². The van der Waals surface area contributed by atoms with Crippen LogP contribution in [0.2, 0.25) is 0 Å². The minimum atomic E-state index is -1.08. The molecule has 1 heterocycles. The molecule has 0 radical (unpaired) electrons. The summed E-state index contributed by atoms with van der Waals surface area (Å²) in [5.74, 6) is -1.94. The Bertz CT molecular complexity index is 478. The number of amides is 1. The van der Waals surface area contributed by atoms with Gasteiger partial charge in [0, 0.05) is 13.0 Å². The summed E-state index contributed by atoms with van der Waals surface area (Å²) in [6, 6.07) is 5.00. The number of carbonyl (C=O) groups is 1. The molecule has 0 aromatic heterocycles. The predicted octanol–water partition coefficient (Wildman–Crippen LogP) is 1.90. The highest BCUT2D eigenvalue weighted by Gasteiger charge is 2.04. The fourth-order valence-corrected chi connectivity index (χ4v) is 1.11. The van der Waals surface area contributed by atoms with Crippen LogP contribution in [-0.2, 0) is 4.79 Å². The Morgan fingerprint density at radius 1 is 1.29 bits per heavy atom. The zero-order valence-electron chi connectivity index (χ0n) is 8.91. The van der Waals surface area contributed by atoms with Crippen LogP contribution in [0, 0.1) is 23.0 Å². The lowest BCUT2D eigenvalue weighted by molar-refractivity contribution is -0.120. The van der Waals surface area contributed by atoms with Crippen molar-refractivity contribution in [3.63, 3.8) is 0 Å². The number of nitriles is 1. The van der Waals surface area contributed by atoms with E-state index in [1.165, 1.54) is 18.2 Å². The van der Waals surface area contributed by atoms with Gasteiger partial charge in [-0.15, -0.1) is 0 Å². The third-order valence-corrected chi connectivity index (χ3v) is 1.96. The molecule has 2 rings (SSSR count). The van der Waals surface area contributed by atoms with Gasteiger partial charge in [-0.2, -0.15) is 5.26 Å². The molecule has 0 saturated carbocycles. The van der Waals surface area contributed by atoms with Gasteiger partial charge in [-0.3, -0.25) is 4.79 Å². The Kier molecular flexibility index (Phi) is 4.82. The average molecular weight is 236 g/mol. The highest BCUT2D eigenvalue weighted by Crippen LogP contribution is 2.08. The molecule has 17 heavy (non-hydrogen) atoms. The molecule has 1 aliphatic rings. The van der Waals surface area contributed by atoms with Crippen molar-refractivity contribution in [2.24, 2.45) is 0 Å². The molecule has 0 unspecified atom stereocenters. The number of nitrogens with zero attached hydrogens (tertiary/aromatic N) is 1. The number of hydrogen-bond donors (Lipinski definition) is 1. The van der Waals surface area contributed by atoms with Gasteiger partial charge >= 0.3 is 0 Å². The summed E-state index contributed by atoms with van der Waals surface area (Å²) < 4.78 is 24.6. The molecular weight excluding hydrogens is 226 g/mol. The monoisotopic (exact) mass is 236 g/mol. The first-order valence-corrected chi connectivity index (χ1v) is 4.91. The lowest BCUT2D eigenvalue weighted by Gasteiger charge is -2.02. The maximum absolute atomic E-state index is 12.4. The van der Waals surface area contributed by atoms with Crippen LogP contribution in [0.25, 0.3) is 0 Å².